The predicted molar refractivity (Wildman–Crippen MR) is 211 cm³/mol. The number of rotatable bonds is 4. The van der Waals surface area contributed by atoms with Crippen LogP contribution in [0, 0.1) is 0 Å². The van der Waals surface area contributed by atoms with Crippen LogP contribution >= 0.6 is 11.3 Å². The largest absolute Gasteiger partial charge is 0.457 e. The van der Waals surface area contributed by atoms with Gasteiger partial charge in [0.1, 0.15) is 23.0 Å². The predicted octanol–water partition coefficient (Wildman–Crippen LogP) is 13.2. The number of benzene rings is 7. The van der Waals surface area contributed by atoms with E-state index in [0.29, 0.717) is 0 Å². The van der Waals surface area contributed by atoms with E-state index in [1.165, 1.54) is 70.2 Å². The molecule has 10 rings (SSSR count). The van der Waals surface area contributed by atoms with Crippen LogP contribution in [0.4, 0.5) is 0 Å². The molecule has 0 fully saturated rings. The van der Waals surface area contributed by atoms with E-state index in [2.05, 4.69) is 172 Å². The molecule has 8 aromatic rings. The van der Waals surface area contributed by atoms with Gasteiger partial charge in [0.05, 0.1) is 0 Å². The van der Waals surface area contributed by atoms with Gasteiger partial charge in [-0.05, 0) is 91.1 Å². The summed E-state index contributed by atoms with van der Waals surface area (Å²) in [7, 11) is 0. The number of ether oxygens (including phenoxy) is 2. The zero-order valence-corrected chi connectivity index (χ0v) is 29.7. The summed E-state index contributed by atoms with van der Waals surface area (Å²) in [6.45, 7) is 6.99. The molecule has 0 spiro atoms. The van der Waals surface area contributed by atoms with Gasteiger partial charge in [-0.25, -0.2) is 0 Å². The maximum Gasteiger partial charge on any atom is 0.131 e. The summed E-state index contributed by atoms with van der Waals surface area (Å²) in [5.41, 5.74) is 10.4. The van der Waals surface area contributed by atoms with Crippen LogP contribution < -0.4 is 9.47 Å². The summed E-state index contributed by atoms with van der Waals surface area (Å²) >= 11 is 1.90. The van der Waals surface area contributed by atoms with Crippen LogP contribution in [0.15, 0.2) is 152 Å². The normalized spacial score (nSPS) is 14.9. The van der Waals surface area contributed by atoms with Gasteiger partial charge in [0.2, 0.25) is 0 Å². The summed E-state index contributed by atoms with van der Waals surface area (Å²) in [6.07, 6.45) is 0.965. The van der Waals surface area contributed by atoms with Gasteiger partial charge >= 0.3 is 0 Å². The average molecular weight is 677 g/mol. The quantitative estimate of drug-likeness (QED) is 0.185. The highest BCUT2D eigenvalue weighted by Gasteiger charge is 2.42. The first-order chi connectivity index (χ1) is 25.0. The van der Waals surface area contributed by atoms with Crippen molar-refractivity contribution in [3.8, 4) is 34.1 Å². The number of thiophene rings is 1. The van der Waals surface area contributed by atoms with Crippen LogP contribution in [-0.2, 0) is 17.3 Å². The van der Waals surface area contributed by atoms with Crippen molar-refractivity contribution in [2.45, 2.75) is 38.0 Å². The molecule has 0 N–H and O–H groups in total. The fourth-order valence-corrected chi connectivity index (χ4v) is 9.99. The van der Waals surface area contributed by atoms with Gasteiger partial charge in [0.15, 0.2) is 0 Å². The fourth-order valence-electron chi connectivity index (χ4n) is 8.79. The molecule has 1 aromatic heterocycles. The van der Waals surface area contributed by atoms with Crippen LogP contribution in [0.5, 0.6) is 23.0 Å². The van der Waals surface area contributed by atoms with Gasteiger partial charge in [-0.2, -0.15) is 0 Å². The Balaban J connectivity index is 1.29. The van der Waals surface area contributed by atoms with Gasteiger partial charge in [-0.1, -0.05) is 110 Å². The molecular formula is C48H36O2S. The van der Waals surface area contributed by atoms with Crippen molar-refractivity contribution in [2.75, 3.05) is 0 Å². The molecule has 51 heavy (non-hydrogen) atoms. The Kier molecular flexibility index (Phi) is 6.62. The summed E-state index contributed by atoms with van der Waals surface area (Å²) < 4.78 is 15.6. The van der Waals surface area contributed by atoms with Crippen LogP contribution in [0.3, 0.4) is 0 Å². The molecule has 0 radical (unpaired) electrons. The molecule has 0 amide bonds. The van der Waals surface area contributed by atoms with Gasteiger partial charge in [-0.15, -0.1) is 11.3 Å². The number of hydrogen-bond donors (Lipinski definition) is 0. The van der Waals surface area contributed by atoms with Crippen LogP contribution in [0.1, 0.15) is 59.7 Å². The maximum absolute atomic E-state index is 6.53. The molecule has 2 aliphatic rings. The number of fused-ring (bicyclic) bond motifs is 7. The van der Waals surface area contributed by atoms with E-state index in [4.69, 9.17) is 9.47 Å². The Labute approximate surface area is 302 Å². The molecule has 3 heterocycles. The lowest BCUT2D eigenvalue weighted by Gasteiger charge is -2.38. The van der Waals surface area contributed by atoms with Crippen LogP contribution in [0.25, 0.3) is 31.3 Å². The minimum atomic E-state index is -0.439. The first-order valence-electron chi connectivity index (χ1n) is 17.8. The van der Waals surface area contributed by atoms with Gasteiger partial charge in [0, 0.05) is 58.8 Å². The first kappa shape index (κ1) is 30.2. The Morgan fingerprint density at radius 1 is 0.471 bits per heavy atom. The molecule has 2 nitrogen and oxygen atoms in total. The second-order valence-corrected chi connectivity index (χ2v) is 15.2. The van der Waals surface area contributed by atoms with Crippen molar-refractivity contribution in [2.24, 2.45) is 0 Å². The van der Waals surface area contributed by atoms with Crippen LogP contribution in [-0.4, -0.2) is 0 Å². The Morgan fingerprint density at radius 3 is 1.49 bits per heavy atom. The fraction of sp³-hybridized carbons (Fsp3) is 0.125. The summed E-state index contributed by atoms with van der Waals surface area (Å²) in [6, 6.07) is 55.1. The van der Waals surface area contributed by atoms with Crippen molar-refractivity contribution < 1.29 is 9.47 Å². The number of para-hydroxylation sites is 4. The molecule has 0 atom stereocenters. The molecular weight excluding hydrogens is 641 g/mol. The van der Waals surface area contributed by atoms with E-state index in [-0.39, 0.29) is 0 Å². The van der Waals surface area contributed by atoms with E-state index in [9.17, 15) is 0 Å². The summed E-state index contributed by atoms with van der Waals surface area (Å²) in [5, 5.41) is 2.57. The van der Waals surface area contributed by atoms with Gasteiger partial charge in [0.25, 0.3) is 0 Å². The van der Waals surface area contributed by atoms with E-state index >= 15 is 0 Å². The van der Waals surface area contributed by atoms with Crippen molar-refractivity contribution in [1.82, 2.24) is 0 Å². The highest BCUT2D eigenvalue weighted by molar-refractivity contribution is 7.26. The molecule has 0 saturated carbocycles. The van der Waals surface area contributed by atoms with E-state index in [1.54, 1.807) is 0 Å². The minimum Gasteiger partial charge on any atom is -0.457 e. The zero-order chi connectivity index (χ0) is 34.3. The van der Waals surface area contributed by atoms with Crippen molar-refractivity contribution in [1.29, 1.82) is 0 Å². The Hall–Kier alpha value is -5.64. The molecule has 0 aliphatic carbocycles. The third-order valence-electron chi connectivity index (χ3n) is 11.6. The molecule has 3 heteroatoms. The molecule has 2 aliphatic heterocycles. The third kappa shape index (κ3) is 4.28. The number of hydrogen-bond acceptors (Lipinski definition) is 3. The minimum absolute atomic E-state index is 0.395. The lowest BCUT2D eigenvalue weighted by molar-refractivity contribution is 0.427. The van der Waals surface area contributed by atoms with Crippen LogP contribution in [0.2, 0.25) is 0 Å². The average Bonchev–Trinajstić information content (AvgIpc) is 3.56. The molecule has 0 bridgehead atoms. The molecule has 246 valence electrons. The standard InChI is InChI=1S/C48H36O2S/c1-4-30-15-5-6-16-33(30)35-28-32(48(3)39-19-9-13-23-43(39)50-44-24-14-10-20-40(44)48)29-36-34-27-31(25-26-45(34)51-46(35)36)47(2)37-17-7-11-21-41(37)49-42-22-12-8-18-38(42)47/h5-29H,4H2,1-3H3. The number of aryl methyl sites for hydroxylation is 1. The van der Waals surface area contributed by atoms with E-state index in [1.807, 2.05) is 11.3 Å². The van der Waals surface area contributed by atoms with Crippen molar-refractivity contribution in [3.05, 3.63) is 191 Å². The third-order valence-corrected chi connectivity index (χ3v) is 12.8. The Bertz CT molecular complexity index is 2590. The van der Waals surface area contributed by atoms with Gasteiger partial charge < -0.3 is 9.47 Å². The van der Waals surface area contributed by atoms with Gasteiger partial charge in [-0.3, -0.25) is 0 Å². The molecule has 0 unspecified atom stereocenters. The monoisotopic (exact) mass is 676 g/mol. The smallest absolute Gasteiger partial charge is 0.131 e. The maximum atomic E-state index is 6.53. The zero-order valence-electron chi connectivity index (χ0n) is 28.9. The van der Waals surface area contributed by atoms with E-state index in [0.717, 1.165) is 29.4 Å². The SMILES string of the molecule is CCc1ccccc1-c1cc(C2(C)c3ccccc3Oc3ccccc32)cc2c1sc1ccc(C3(C)c4ccccc4Oc4ccccc43)cc12. The molecule has 0 saturated heterocycles. The highest BCUT2D eigenvalue weighted by Crippen LogP contribution is 2.55. The summed E-state index contributed by atoms with van der Waals surface area (Å²) in [5.74, 6) is 3.66. The Morgan fingerprint density at radius 2 is 0.941 bits per heavy atom. The lowest BCUT2D eigenvalue weighted by atomic mass is 9.68. The summed E-state index contributed by atoms with van der Waals surface area (Å²) in [4.78, 5) is 0. The first-order valence-corrected chi connectivity index (χ1v) is 18.6. The highest BCUT2D eigenvalue weighted by atomic mass is 32.1. The van der Waals surface area contributed by atoms with Crippen molar-refractivity contribution in [3.63, 3.8) is 0 Å². The van der Waals surface area contributed by atoms with Crippen molar-refractivity contribution >= 4 is 31.5 Å². The second kappa shape index (κ2) is 11.2. The topological polar surface area (TPSA) is 18.5 Å². The molecule has 7 aromatic carbocycles. The van der Waals surface area contributed by atoms with E-state index < -0.39 is 10.8 Å². The lowest BCUT2D eigenvalue weighted by Crippen LogP contribution is -2.29. The second-order valence-electron chi connectivity index (χ2n) is 14.2.